The predicted molar refractivity (Wildman–Crippen MR) is 128 cm³/mol. The van der Waals surface area contributed by atoms with E-state index in [2.05, 4.69) is 78.2 Å². The Balaban J connectivity index is 1.83. The van der Waals surface area contributed by atoms with Crippen LogP contribution in [0.3, 0.4) is 0 Å². The lowest BCUT2D eigenvalue weighted by Crippen LogP contribution is -2.10. The van der Waals surface area contributed by atoms with Gasteiger partial charge in [0.1, 0.15) is 0 Å². The highest BCUT2D eigenvalue weighted by Crippen LogP contribution is 2.37. The number of nitrogens with zero attached hydrogens (tertiary/aromatic N) is 1. The van der Waals surface area contributed by atoms with Gasteiger partial charge in [-0.15, -0.1) is 0 Å². The molecule has 0 saturated carbocycles. The SMILES string of the molecule is CCCCOC(=O)c1cc2ccccc2c2c3ccccc3n(Cc3ccccc3)c12. The third kappa shape index (κ3) is 3.46. The monoisotopic (exact) mass is 407 g/mol. The summed E-state index contributed by atoms with van der Waals surface area (Å²) in [7, 11) is 0. The number of ether oxygens (including phenoxy) is 1. The summed E-state index contributed by atoms with van der Waals surface area (Å²) in [5.74, 6) is -0.249. The second kappa shape index (κ2) is 8.27. The zero-order valence-corrected chi connectivity index (χ0v) is 17.7. The van der Waals surface area contributed by atoms with E-state index < -0.39 is 0 Å². The van der Waals surface area contributed by atoms with Gasteiger partial charge in [0.15, 0.2) is 0 Å². The molecule has 0 amide bonds. The molecule has 3 nitrogen and oxygen atoms in total. The second-order valence-electron chi connectivity index (χ2n) is 7.95. The Morgan fingerprint density at radius 2 is 1.58 bits per heavy atom. The van der Waals surface area contributed by atoms with Crippen molar-refractivity contribution < 1.29 is 9.53 Å². The summed E-state index contributed by atoms with van der Waals surface area (Å²) >= 11 is 0. The van der Waals surface area contributed by atoms with Gasteiger partial charge < -0.3 is 9.30 Å². The molecule has 0 radical (unpaired) electrons. The highest BCUT2D eigenvalue weighted by Gasteiger charge is 2.21. The molecule has 0 fully saturated rings. The van der Waals surface area contributed by atoms with Gasteiger partial charge in [0, 0.05) is 22.8 Å². The fourth-order valence-electron chi connectivity index (χ4n) is 4.40. The number of unbranched alkanes of at least 4 members (excludes halogenated alkanes) is 1. The summed E-state index contributed by atoms with van der Waals surface area (Å²) in [6, 6.07) is 29.1. The van der Waals surface area contributed by atoms with Crippen LogP contribution in [0.1, 0.15) is 35.7 Å². The number of benzene rings is 4. The topological polar surface area (TPSA) is 31.2 Å². The molecule has 0 aliphatic carbocycles. The Morgan fingerprint density at radius 1 is 0.871 bits per heavy atom. The van der Waals surface area contributed by atoms with Gasteiger partial charge in [-0.2, -0.15) is 0 Å². The molecule has 0 atom stereocenters. The van der Waals surface area contributed by atoms with Gasteiger partial charge >= 0.3 is 5.97 Å². The Morgan fingerprint density at radius 3 is 2.39 bits per heavy atom. The molecule has 0 unspecified atom stereocenters. The van der Waals surface area contributed by atoms with E-state index in [-0.39, 0.29) is 5.97 Å². The number of fused-ring (bicyclic) bond motifs is 5. The molecular weight excluding hydrogens is 382 g/mol. The second-order valence-corrected chi connectivity index (χ2v) is 7.95. The first kappa shape index (κ1) is 19.4. The molecule has 0 spiro atoms. The fourth-order valence-corrected chi connectivity index (χ4v) is 4.40. The number of aromatic nitrogens is 1. The van der Waals surface area contributed by atoms with Gasteiger partial charge in [-0.25, -0.2) is 4.79 Å². The Hall–Kier alpha value is -3.59. The standard InChI is InChI=1S/C28H25NO2/c1-2-3-17-31-28(30)24-18-21-13-7-8-14-22(21)26-23-15-9-10-16-25(23)29(27(24)26)19-20-11-5-4-6-12-20/h4-16,18H,2-3,17,19H2,1H3. The molecule has 31 heavy (non-hydrogen) atoms. The zero-order valence-electron chi connectivity index (χ0n) is 17.7. The maximum atomic E-state index is 13.2. The molecule has 154 valence electrons. The van der Waals surface area contributed by atoms with Crippen LogP contribution in [0.5, 0.6) is 0 Å². The highest BCUT2D eigenvalue weighted by molar-refractivity contribution is 6.25. The third-order valence-electron chi connectivity index (χ3n) is 5.89. The van der Waals surface area contributed by atoms with Gasteiger partial charge in [-0.3, -0.25) is 0 Å². The highest BCUT2D eigenvalue weighted by atomic mass is 16.5. The van der Waals surface area contributed by atoms with Gasteiger partial charge in [0.2, 0.25) is 0 Å². The first-order valence-electron chi connectivity index (χ1n) is 10.9. The van der Waals surface area contributed by atoms with Crippen molar-refractivity contribution in [1.82, 2.24) is 4.57 Å². The van der Waals surface area contributed by atoms with Crippen molar-refractivity contribution in [3.05, 3.63) is 96.1 Å². The summed E-state index contributed by atoms with van der Waals surface area (Å²) < 4.78 is 7.94. The van der Waals surface area contributed by atoms with Crippen LogP contribution in [0, 0.1) is 0 Å². The van der Waals surface area contributed by atoms with E-state index in [9.17, 15) is 4.79 Å². The molecule has 3 heteroatoms. The van der Waals surface area contributed by atoms with E-state index in [0.29, 0.717) is 18.7 Å². The lowest BCUT2D eigenvalue weighted by atomic mass is 10.00. The van der Waals surface area contributed by atoms with E-state index in [1.807, 2.05) is 18.2 Å². The molecule has 0 aliphatic rings. The first-order valence-corrected chi connectivity index (χ1v) is 10.9. The number of esters is 1. The number of carbonyl (C=O) groups excluding carboxylic acids is 1. The molecule has 5 aromatic rings. The van der Waals surface area contributed by atoms with Crippen LogP contribution >= 0.6 is 0 Å². The van der Waals surface area contributed by atoms with Crippen molar-refractivity contribution in [3.63, 3.8) is 0 Å². The summed E-state index contributed by atoms with van der Waals surface area (Å²) in [6.45, 7) is 3.24. The number of carbonyl (C=O) groups is 1. The molecule has 1 heterocycles. The normalized spacial score (nSPS) is 11.4. The van der Waals surface area contributed by atoms with E-state index >= 15 is 0 Å². The molecule has 1 aromatic heterocycles. The number of para-hydroxylation sites is 1. The van der Waals surface area contributed by atoms with Crippen LogP contribution < -0.4 is 0 Å². The minimum atomic E-state index is -0.249. The zero-order chi connectivity index (χ0) is 21.2. The minimum absolute atomic E-state index is 0.249. The van der Waals surface area contributed by atoms with Crippen molar-refractivity contribution in [2.45, 2.75) is 26.3 Å². The average Bonchev–Trinajstić information content (AvgIpc) is 3.14. The third-order valence-corrected chi connectivity index (χ3v) is 5.89. The Labute approximate surface area is 181 Å². The Bertz CT molecular complexity index is 1380. The van der Waals surface area contributed by atoms with Crippen LogP contribution in [-0.2, 0) is 11.3 Å². The molecule has 0 saturated heterocycles. The predicted octanol–water partition coefficient (Wildman–Crippen LogP) is 6.95. The summed E-state index contributed by atoms with van der Waals surface area (Å²) in [4.78, 5) is 13.2. The van der Waals surface area contributed by atoms with E-state index in [4.69, 9.17) is 4.74 Å². The van der Waals surface area contributed by atoms with Gasteiger partial charge in [0.05, 0.1) is 17.7 Å². The molecule has 0 bridgehead atoms. The van der Waals surface area contributed by atoms with Gasteiger partial charge in [-0.05, 0) is 34.9 Å². The number of hydrogen-bond acceptors (Lipinski definition) is 2. The number of hydrogen-bond donors (Lipinski definition) is 0. The summed E-state index contributed by atoms with van der Waals surface area (Å²) in [5, 5.41) is 4.49. The lowest BCUT2D eigenvalue weighted by molar-refractivity contribution is 0.0502. The fraction of sp³-hybridized carbons (Fsp3) is 0.179. The van der Waals surface area contributed by atoms with Crippen molar-refractivity contribution in [2.75, 3.05) is 6.61 Å². The summed E-state index contributed by atoms with van der Waals surface area (Å²) in [6.07, 6.45) is 1.87. The first-order chi connectivity index (χ1) is 15.3. The molecule has 4 aromatic carbocycles. The van der Waals surface area contributed by atoms with Crippen molar-refractivity contribution in [2.24, 2.45) is 0 Å². The van der Waals surface area contributed by atoms with E-state index in [1.165, 1.54) is 5.56 Å². The maximum Gasteiger partial charge on any atom is 0.340 e. The number of rotatable bonds is 6. The van der Waals surface area contributed by atoms with Crippen LogP contribution in [-0.4, -0.2) is 17.1 Å². The van der Waals surface area contributed by atoms with Crippen LogP contribution in [0.4, 0.5) is 0 Å². The van der Waals surface area contributed by atoms with Crippen LogP contribution in [0.15, 0.2) is 84.9 Å². The Kier molecular flexibility index (Phi) is 5.17. The maximum absolute atomic E-state index is 13.2. The quantitative estimate of drug-likeness (QED) is 0.225. The van der Waals surface area contributed by atoms with Gasteiger partial charge in [-0.1, -0.05) is 86.1 Å². The molecule has 5 rings (SSSR count). The summed E-state index contributed by atoms with van der Waals surface area (Å²) in [5.41, 5.74) is 3.91. The smallest absolute Gasteiger partial charge is 0.340 e. The molecule has 0 N–H and O–H groups in total. The molecule has 0 aliphatic heterocycles. The average molecular weight is 408 g/mol. The van der Waals surface area contributed by atoms with Crippen LogP contribution in [0.2, 0.25) is 0 Å². The van der Waals surface area contributed by atoms with E-state index in [0.717, 1.165) is 45.4 Å². The van der Waals surface area contributed by atoms with Crippen LogP contribution in [0.25, 0.3) is 32.6 Å². The molecular formula is C28H25NO2. The van der Waals surface area contributed by atoms with Gasteiger partial charge in [0.25, 0.3) is 0 Å². The largest absolute Gasteiger partial charge is 0.462 e. The minimum Gasteiger partial charge on any atom is -0.462 e. The van der Waals surface area contributed by atoms with E-state index in [1.54, 1.807) is 0 Å². The van der Waals surface area contributed by atoms with Crippen molar-refractivity contribution >= 4 is 38.5 Å². The van der Waals surface area contributed by atoms with Crippen molar-refractivity contribution in [1.29, 1.82) is 0 Å². The lowest BCUT2D eigenvalue weighted by Gasteiger charge is -2.13. The van der Waals surface area contributed by atoms with Crippen molar-refractivity contribution in [3.8, 4) is 0 Å².